The molecule has 1 fully saturated rings. The quantitative estimate of drug-likeness (QED) is 0.671. The summed E-state index contributed by atoms with van der Waals surface area (Å²) in [6.07, 6.45) is 6.34. The molecule has 140 valence electrons. The molecule has 0 N–H and O–H groups in total. The van der Waals surface area contributed by atoms with Gasteiger partial charge in [-0.1, -0.05) is 12.1 Å². The fourth-order valence-electron chi connectivity index (χ4n) is 3.27. The molecule has 3 heterocycles. The van der Waals surface area contributed by atoms with E-state index in [1.54, 1.807) is 24.4 Å². The van der Waals surface area contributed by atoms with E-state index >= 15 is 0 Å². The Kier molecular flexibility index (Phi) is 4.75. The first-order chi connectivity index (χ1) is 13.0. The Morgan fingerprint density at radius 3 is 2.74 bits per heavy atom. The van der Waals surface area contributed by atoms with Gasteiger partial charge < -0.3 is 4.42 Å². The maximum atomic E-state index is 13.0. The van der Waals surface area contributed by atoms with Crippen molar-refractivity contribution in [2.45, 2.75) is 30.2 Å². The monoisotopic (exact) mass is 387 g/mol. The van der Waals surface area contributed by atoms with Crippen molar-refractivity contribution in [3.8, 4) is 0 Å². The van der Waals surface area contributed by atoms with E-state index in [-0.39, 0.29) is 10.7 Å². The van der Waals surface area contributed by atoms with E-state index in [9.17, 15) is 12.8 Å². The van der Waals surface area contributed by atoms with Gasteiger partial charge in [-0.2, -0.15) is 4.31 Å². The van der Waals surface area contributed by atoms with Crippen LogP contribution in [-0.4, -0.2) is 29.2 Å². The third-order valence-corrected chi connectivity index (χ3v) is 6.48. The maximum Gasteiger partial charge on any atom is 0.245 e. The molecule has 1 saturated heterocycles. The number of oxazole rings is 1. The number of halogens is 1. The van der Waals surface area contributed by atoms with E-state index in [0.717, 1.165) is 12.0 Å². The molecule has 4 rings (SSSR count). The van der Waals surface area contributed by atoms with Crippen molar-refractivity contribution < 1.29 is 17.2 Å². The zero-order valence-corrected chi connectivity index (χ0v) is 15.3. The summed E-state index contributed by atoms with van der Waals surface area (Å²) < 4.78 is 46.1. The maximum absolute atomic E-state index is 13.0. The van der Waals surface area contributed by atoms with E-state index in [1.807, 2.05) is 0 Å². The van der Waals surface area contributed by atoms with Crippen LogP contribution in [0.2, 0.25) is 0 Å². The van der Waals surface area contributed by atoms with Crippen LogP contribution >= 0.6 is 0 Å². The fraction of sp³-hybridized carbons (Fsp3) is 0.263. The van der Waals surface area contributed by atoms with Gasteiger partial charge in [-0.15, -0.1) is 0 Å². The van der Waals surface area contributed by atoms with Crippen molar-refractivity contribution in [2.75, 3.05) is 6.54 Å². The average molecular weight is 387 g/mol. The molecule has 6 nitrogen and oxygen atoms in total. The van der Waals surface area contributed by atoms with Crippen molar-refractivity contribution in [3.63, 3.8) is 0 Å². The predicted octanol–water partition coefficient (Wildman–Crippen LogP) is 3.33. The standard InChI is InChI=1S/C19H18FN3O3S/c20-15-7-5-14(6-8-15)11-16-12-22-19(26-16)18-4-2-10-23(18)27(24,25)17-3-1-9-21-13-17/h1,3,5-9,12-13,18H,2,4,10-11H2/t18-/m1/s1. The molecule has 0 saturated carbocycles. The molecule has 0 bridgehead atoms. The van der Waals surface area contributed by atoms with Crippen molar-refractivity contribution in [2.24, 2.45) is 0 Å². The lowest BCUT2D eigenvalue weighted by Crippen LogP contribution is -2.30. The zero-order chi connectivity index (χ0) is 18.9. The Morgan fingerprint density at radius 1 is 1.19 bits per heavy atom. The largest absolute Gasteiger partial charge is 0.444 e. The second-order valence-corrected chi connectivity index (χ2v) is 8.32. The topological polar surface area (TPSA) is 76.3 Å². The number of rotatable bonds is 5. The molecule has 27 heavy (non-hydrogen) atoms. The average Bonchev–Trinajstić information content (AvgIpc) is 3.34. The molecule has 8 heteroatoms. The Morgan fingerprint density at radius 2 is 2.00 bits per heavy atom. The fourth-order valence-corrected chi connectivity index (χ4v) is 4.89. The summed E-state index contributed by atoms with van der Waals surface area (Å²) in [4.78, 5) is 8.37. The first kappa shape index (κ1) is 17.8. The van der Waals surface area contributed by atoms with Crippen LogP contribution in [0.15, 0.2) is 64.3 Å². The van der Waals surface area contributed by atoms with E-state index in [1.165, 1.54) is 34.9 Å². The third kappa shape index (κ3) is 3.63. The first-order valence-electron chi connectivity index (χ1n) is 8.65. The van der Waals surface area contributed by atoms with Crippen LogP contribution in [0.5, 0.6) is 0 Å². The van der Waals surface area contributed by atoms with Gasteiger partial charge >= 0.3 is 0 Å². The summed E-state index contributed by atoms with van der Waals surface area (Å²) in [7, 11) is -3.66. The highest BCUT2D eigenvalue weighted by molar-refractivity contribution is 7.89. The van der Waals surface area contributed by atoms with Crippen LogP contribution in [0, 0.1) is 5.82 Å². The van der Waals surface area contributed by atoms with Gasteiger partial charge in [0.05, 0.1) is 6.20 Å². The summed E-state index contributed by atoms with van der Waals surface area (Å²) in [6, 6.07) is 8.87. The van der Waals surface area contributed by atoms with Crippen molar-refractivity contribution >= 4 is 10.0 Å². The van der Waals surface area contributed by atoms with Gasteiger partial charge in [0.25, 0.3) is 0 Å². The van der Waals surface area contributed by atoms with Gasteiger partial charge in [-0.3, -0.25) is 4.98 Å². The number of hydrogen-bond donors (Lipinski definition) is 0. The molecule has 0 radical (unpaired) electrons. The number of sulfonamides is 1. The number of benzene rings is 1. The molecule has 1 atom stereocenters. The minimum absolute atomic E-state index is 0.162. The Bertz CT molecular complexity index is 1020. The molecule has 1 aromatic carbocycles. The van der Waals surface area contributed by atoms with Gasteiger partial charge in [0.2, 0.25) is 15.9 Å². The highest BCUT2D eigenvalue weighted by Gasteiger charge is 2.38. The predicted molar refractivity (Wildman–Crippen MR) is 95.8 cm³/mol. The molecule has 0 unspecified atom stereocenters. The van der Waals surface area contributed by atoms with Gasteiger partial charge in [-0.05, 0) is 42.7 Å². The molecule has 0 spiro atoms. The molecular weight excluding hydrogens is 369 g/mol. The molecule has 0 amide bonds. The molecular formula is C19H18FN3O3S. The number of pyridine rings is 1. The van der Waals surface area contributed by atoms with E-state index < -0.39 is 16.1 Å². The van der Waals surface area contributed by atoms with Crippen molar-refractivity contribution in [1.29, 1.82) is 0 Å². The highest BCUT2D eigenvalue weighted by atomic mass is 32.2. The molecule has 0 aliphatic carbocycles. The lowest BCUT2D eigenvalue weighted by Gasteiger charge is -2.21. The van der Waals surface area contributed by atoms with E-state index in [0.29, 0.717) is 31.0 Å². The van der Waals surface area contributed by atoms with Crippen molar-refractivity contribution in [3.05, 3.63) is 78.0 Å². The second kappa shape index (κ2) is 7.21. The molecule has 2 aromatic heterocycles. The minimum Gasteiger partial charge on any atom is -0.444 e. The molecule has 3 aromatic rings. The Balaban J connectivity index is 1.56. The molecule has 1 aliphatic heterocycles. The number of nitrogens with zero attached hydrogens (tertiary/aromatic N) is 3. The lowest BCUT2D eigenvalue weighted by atomic mass is 10.1. The van der Waals surface area contributed by atoms with Gasteiger partial charge in [0.1, 0.15) is 22.5 Å². The van der Waals surface area contributed by atoms with Crippen LogP contribution in [0.1, 0.15) is 36.1 Å². The van der Waals surface area contributed by atoms with Crippen LogP contribution in [0.4, 0.5) is 4.39 Å². The normalized spacial score (nSPS) is 18.0. The van der Waals surface area contributed by atoms with Crippen LogP contribution in [0.25, 0.3) is 0 Å². The highest BCUT2D eigenvalue weighted by Crippen LogP contribution is 2.36. The lowest BCUT2D eigenvalue weighted by molar-refractivity contribution is 0.322. The summed E-state index contributed by atoms with van der Waals surface area (Å²) >= 11 is 0. The Hall–Kier alpha value is -2.58. The smallest absolute Gasteiger partial charge is 0.245 e. The van der Waals surface area contributed by atoms with Gasteiger partial charge in [-0.25, -0.2) is 17.8 Å². The van der Waals surface area contributed by atoms with Gasteiger partial charge in [0.15, 0.2) is 0 Å². The zero-order valence-electron chi connectivity index (χ0n) is 14.5. The van der Waals surface area contributed by atoms with Crippen LogP contribution < -0.4 is 0 Å². The summed E-state index contributed by atoms with van der Waals surface area (Å²) in [6.45, 7) is 0.414. The van der Waals surface area contributed by atoms with Crippen LogP contribution in [0.3, 0.4) is 0 Å². The van der Waals surface area contributed by atoms with Gasteiger partial charge in [0, 0.05) is 25.4 Å². The summed E-state index contributed by atoms with van der Waals surface area (Å²) in [5, 5.41) is 0. The van der Waals surface area contributed by atoms with Crippen LogP contribution in [-0.2, 0) is 16.4 Å². The third-order valence-electron chi connectivity index (χ3n) is 4.59. The van der Waals surface area contributed by atoms with E-state index in [4.69, 9.17) is 4.42 Å². The van der Waals surface area contributed by atoms with E-state index in [2.05, 4.69) is 9.97 Å². The second-order valence-electron chi connectivity index (χ2n) is 6.43. The molecule has 1 aliphatic rings. The first-order valence-corrected chi connectivity index (χ1v) is 10.1. The summed E-state index contributed by atoms with van der Waals surface area (Å²) in [5.74, 6) is 0.707. The number of aromatic nitrogens is 2. The Labute approximate surface area is 156 Å². The van der Waals surface area contributed by atoms with Crippen molar-refractivity contribution in [1.82, 2.24) is 14.3 Å². The number of hydrogen-bond acceptors (Lipinski definition) is 5. The summed E-state index contributed by atoms with van der Waals surface area (Å²) in [5.41, 5.74) is 0.894. The minimum atomic E-state index is -3.66. The SMILES string of the molecule is O=S(=O)(c1cccnc1)N1CCC[C@@H]1c1ncc(Cc2ccc(F)cc2)o1.